The number of aromatic carboxylic acids is 1. The number of thiophene rings is 1. The van der Waals surface area contributed by atoms with Crippen LogP contribution in [0.1, 0.15) is 30.4 Å². The Kier molecular flexibility index (Phi) is 3.30. The number of rotatable bonds is 3. The topological polar surface area (TPSA) is 83.5 Å². The third kappa shape index (κ3) is 2.53. The van der Waals surface area contributed by atoms with Crippen molar-refractivity contribution in [3.63, 3.8) is 0 Å². The van der Waals surface area contributed by atoms with Gasteiger partial charge >= 0.3 is 5.97 Å². The van der Waals surface area contributed by atoms with E-state index in [0.29, 0.717) is 0 Å². The largest absolute Gasteiger partial charge is 0.477 e. The summed E-state index contributed by atoms with van der Waals surface area (Å²) in [5.74, 6) is -1.14. The lowest BCUT2D eigenvalue weighted by molar-refractivity contribution is 0.0703. The molecular formula is C9H13NO4S2. The highest BCUT2D eigenvalue weighted by molar-refractivity contribution is 7.94. The summed E-state index contributed by atoms with van der Waals surface area (Å²) in [6.07, 6.45) is 0. The minimum Gasteiger partial charge on any atom is -0.477 e. The van der Waals surface area contributed by atoms with Gasteiger partial charge in [0.2, 0.25) is 10.0 Å². The van der Waals surface area contributed by atoms with Gasteiger partial charge in [0.1, 0.15) is 4.88 Å². The van der Waals surface area contributed by atoms with Gasteiger partial charge in [-0.2, -0.15) is 0 Å². The maximum Gasteiger partial charge on any atom is 0.348 e. The summed E-state index contributed by atoms with van der Waals surface area (Å²) >= 11 is 0.982. The SMILES string of the molecule is CC(C)(C)S(=O)(=O)Nc1ccsc1C(=O)O. The van der Waals surface area contributed by atoms with Gasteiger partial charge in [-0.1, -0.05) is 0 Å². The van der Waals surface area contributed by atoms with Crippen molar-refractivity contribution in [3.05, 3.63) is 16.3 Å². The Bertz CT molecular complexity index is 496. The molecule has 0 saturated carbocycles. The van der Waals surface area contributed by atoms with Crippen molar-refractivity contribution in [2.75, 3.05) is 4.72 Å². The zero-order chi connectivity index (χ0) is 12.6. The summed E-state index contributed by atoms with van der Waals surface area (Å²) in [6, 6.07) is 1.44. The lowest BCUT2D eigenvalue weighted by Gasteiger charge is -2.20. The quantitative estimate of drug-likeness (QED) is 0.873. The maximum atomic E-state index is 11.8. The number of hydrogen-bond donors (Lipinski definition) is 2. The van der Waals surface area contributed by atoms with E-state index >= 15 is 0 Å². The summed E-state index contributed by atoms with van der Waals surface area (Å²) in [6.45, 7) is 4.63. The summed E-state index contributed by atoms with van der Waals surface area (Å²) in [4.78, 5) is 10.8. The highest BCUT2D eigenvalue weighted by atomic mass is 32.2. The summed E-state index contributed by atoms with van der Waals surface area (Å²) in [5.41, 5.74) is 0.118. The van der Waals surface area contributed by atoms with Crippen LogP contribution in [0.25, 0.3) is 0 Å². The second kappa shape index (κ2) is 4.06. The number of anilines is 1. The van der Waals surface area contributed by atoms with Gasteiger partial charge in [-0.3, -0.25) is 4.72 Å². The van der Waals surface area contributed by atoms with Gasteiger partial charge in [0, 0.05) is 0 Å². The van der Waals surface area contributed by atoms with E-state index in [2.05, 4.69) is 4.72 Å². The van der Waals surface area contributed by atoms with Gasteiger partial charge in [-0.25, -0.2) is 13.2 Å². The van der Waals surface area contributed by atoms with Gasteiger partial charge in [0.15, 0.2) is 0 Å². The molecule has 1 aromatic heterocycles. The minimum absolute atomic E-state index is 0.00664. The zero-order valence-corrected chi connectivity index (χ0v) is 10.8. The van der Waals surface area contributed by atoms with E-state index in [-0.39, 0.29) is 10.6 Å². The molecular weight excluding hydrogens is 250 g/mol. The van der Waals surface area contributed by atoms with Crippen molar-refractivity contribution in [3.8, 4) is 0 Å². The molecule has 0 amide bonds. The monoisotopic (exact) mass is 263 g/mol. The summed E-state index contributed by atoms with van der Waals surface area (Å²) in [7, 11) is -3.58. The smallest absolute Gasteiger partial charge is 0.348 e. The van der Waals surface area contributed by atoms with Crippen LogP contribution < -0.4 is 4.72 Å². The fraction of sp³-hybridized carbons (Fsp3) is 0.444. The van der Waals surface area contributed by atoms with Crippen molar-refractivity contribution < 1.29 is 18.3 Å². The van der Waals surface area contributed by atoms with E-state index in [1.807, 2.05) is 0 Å². The van der Waals surface area contributed by atoms with Crippen LogP contribution in [0.15, 0.2) is 11.4 Å². The van der Waals surface area contributed by atoms with E-state index in [0.717, 1.165) is 11.3 Å². The van der Waals surface area contributed by atoms with Crippen LogP contribution in [0.4, 0.5) is 5.69 Å². The third-order valence-electron chi connectivity index (χ3n) is 1.91. The fourth-order valence-electron chi connectivity index (χ4n) is 0.853. The van der Waals surface area contributed by atoms with E-state index < -0.39 is 20.7 Å². The van der Waals surface area contributed by atoms with Crippen LogP contribution in [-0.4, -0.2) is 24.2 Å². The molecule has 0 saturated heterocycles. The molecule has 0 fully saturated rings. The number of hydrogen-bond acceptors (Lipinski definition) is 4. The third-order valence-corrected chi connectivity index (χ3v) is 4.91. The first-order chi connectivity index (χ1) is 7.15. The van der Waals surface area contributed by atoms with Crippen LogP contribution in [0.3, 0.4) is 0 Å². The van der Waals surface area contributed by atoms with Gasteiger partial charge < -0.3 is 5.11 Å². The van der Waals surface area contributed by atoms with Crippen molar-refractivity contribution in [2.45, 2.75) is 25.5 Å². The van der Waals surface area contributed by atoms with Crippen molar-refractivity contribution in [2.24, 2.45) is 0 Å². The first kappa shape index (κ1) is 13.0. The second-order valence-electron chi connectivity index (χ2n) is 4.19. The molecule has 1 rings (SSSR count). The molecule has 0 atom stereocenters. The minimum atomic E-state index is -3.58. The lowest BCUT2D eigenvalue weighted by atomic mass is 10.3. The van der Waals surface area contributed by atoms with Crippen LogP contribution in [0.2, 0.25) is 0 Å². The predicted molar refractivity (Wildman–Crippen MR) is 63.6 cm³/mol. The first-order valence-corrected chi connectivity index (χ1v) is 6.84. The van der Waals surface area contributed by atoms with Gasteiger partial charge in [-0.05, 0) is 32.2 Å². The number of carboxylic acid groups (broad SMARTS) is 1. The molecule has 1 heterocycles. The van der Waals surface area contributed by atoms with Crippen LogP contribution in [0.5, 0.6) is 0 Å². The van der Waals surface area contributed by atoms with Crippen LogP contribution in [-0.2, 0) is 10.0 Å². The molecule has 7 heteroatoms. The summed E-state index contributed by atoms with van der Waals surface area (Å²) < 4.78 is 24.9. The van der Waals surface area contributed by atoms with E-state index in [1.54, 1.807) is 20.8 Å². The van der Waals surface area contributed by atoms with Gasteiger partial charge in [0.05, 0.1) is 10.4 Å². The molecule has 2 N–H and O–H groups in total. The Hall–Kier alpha value is -1.08. The number of nitrogens with one attached hydrogen (secondary N) is 1. The van der Waals surface area contributed by atoms with E-state index in [4.69, 9.17) is 5.11 Å². The Morgan fingerprint density at radius 3 is 2.44 bits per heavy atom. The Balaban J connectivity index is 3.07. The summed E-state index contributed by atoms with van der Waals surface area (Å²) in [5, 5.41) is 10.4. The molecule has 0 spiro atoms. The normalized spacial score (nSPS) is 12.4. The standard InChI is InChI=1S/C9H13NO4S2/c1-9(2,3)16(13,14)10-6-4-5-15-7(6)8(11)12/h4-5,10H,1-3H3,(H,11,12). The Morgan fingerprint density at radius 1 is 1.44 bits per heavy atom. The second-order valence-corrected chi connectivity index (χ2v) is 7.54. The number of sulfonamides is 1. The van der Waals surface area contributed by atoms with Gasteiger partial charge in [-0.15, -0.1) is 11.3 Å². The van der Waals surface area contributed by atoms with Crippen molar-refractivity contribution >= 4 is 33.0 Å². The number of carboxylic acids is 1. The first-order valence-electron chi connectivity index (χ1n) is 4.48. The molecule has 5 nitrogen and oxygen atoms in total. The number of carbonyl (C=O) groups is 1. The van der Waals surface area contributed by atoms with Crippen molar-refractivity contribution in [1.29, 1.82) is 0 Å². The molecule has 0 aliphatic heterocycles. The average molecular weight is 263 g/mol. The maximum absolute atomic E-state index is 11.8. The molecule has 0 aliphatic rings. The van der Waals surface area contributed by atoms with E-state index in [1.165, 1.54) is 11.4 Å². The molecule has 1 aromatic rings. The van der Waals surface area contributed by atoms with Gasteiger partial charge in [0.25, 0.3) is 0 Å². The molecule has 0 bridgehead atoms. The van der Waals surface area contributed by atoms with Crippen LogP contribution >= 0.6 is 11.3 Å². The molecule has 0 radical (unpaired) electrons. The lowest BCUT2D eigenvalue weighted by Crippen LogP contribution is -2.33. The highest BCUT2D eigenvalue weighted by Gasteiger charge is 2.30. The van der Waals surface area contributed by atoms with E-state index in [9.17, 15) is 13.2 Å². The molecule has 0 aliphatic carbocycles. The molecule has 90 valence electrons. The van der Waals surface area contributed by atoms with Crippen LogP contribution in [0, 0.1) is 0 Å². The van der Waals surface area contributed by atoms with Crippen molar-refractivity contribution in [1.82, 2.24) is 0 Å². The highest BCUT2D eigenvalue weighted by Crippen LogP contribution is 2.26. The Morgan fingerprint density at radius 2 is 2.00 bits per heavy atom. The molecule has 0 unspecified atom stereocenters. The Labute approximate surface area is 98.2 Å². The predicted octanol–water partition coefficient (Wildman–Crippen LogP) is 1.99. The zero-order valence-electron chi connectivity index (χ0n) is 9.14. The molecule has 16 heavy (non-hydrogen) atoms. The molecule has 0 aromatic carbocycles. The fourth-order valence-corrected chi connectivity index (χ4v) is 2.37. The average Bonchev–Trinajstić information content (AvgIpc) is 2.49.